The predicted molar refractivity (Wildman–Crippen MR) is 74.2 cm³/mol. The lowest BCUT2D eigenvalue weighted by Gasteiger charge is -2.30. The third-order valence-electron chi connectivity index (χ3n) is 3.42. The quantitative estimate of drug-likeness (QED) is 0.644. The molecule has 1 unspecified atom stereocenters. The Balaban J connectivity index is 2.18. The Morgan fingerprint density at radius 3 is 2.90 bits per heavy atom. The molecule has 7 heteroatoms. The second kappa shape index (κ2) is 5.87. The van der Waals surface area contributed by atoms with Gasteiger partial charge < -0.3 is 15.3 Å². The first-order valence-electron chi connectivity index (χ1n) is 6.44. The molecule has 7 nitrogen and oxygen atoms in total. The van der Waals surface area contributed by atoms with Crippen molar-refractivity contribution in [1.29, 1.82) is 0 Å². The zero-order chi connectivity index (χ0) is 14.7. The second-order valence-electron chi connectivity index (χ2n) is 5.04. The van der Waals surface area contributed by atoms with E-state index in [0.717, 1.165) is 25.9 Å². The molecule has 0 aliphatic carbocycles. The summed E-state index contributed by atoms with van der Waals surface area (Å²) in [7, 11) is 2.03. The number of carbonyl (C=O) groups is 1. The van der Waals surface area contributed by atoms with Crippen LogP contribution in [0, 0.1) is 10.1 Å². The van der Waals surface area contributed by atoms with Gasteiger partial charge in [0.1, 0.15) is 5.56 Å². The fourth-order valence-electron chi connectivity index (χ4n) is 2.48. The largest absolute Gasteiger partial charge is 0.477 e. The number of carboxylic acid groups (broad SMARTS) is 1. The van der Waals surface area contributed by atoms with Crippen molar-refractivity contribution in [2.75, 3.05) is 25.5 Å². The first-order valence-corrected chi connectivity index (χ1v) is 6.44. The van der Waals surface area contributed by atoms with Crippen LogP contribution in [0.25, 0.3) is 0 Å². The number of aromatic carboxylic acids is 1. The van der Waals surface area contributed by atoms with Gasteiger partial charge in [0, 0.05) is 24.3 Å². The molecule has 2 rings (SSSR count). The standard InChI is InChI=1S/C13H17N3O4/c1-15-6-2-3-10(8-15)14-9-4-5-12(16(19)20)11(7-9)13(17)18/h4-5,7,10,14H,2-3,6,8H2,1H3,(H,17,18). The fourth-order valence-corrected chi connectivity index (χ4v) is 2.48. The minimum Gasteiger partial charge on any atom is -0.477 e. The van der Waals surface area contributed by atoms with Crippen molar-refractivity contribution in [2.24, 2.45) is 0 Å². The van der Waals surface area contributed by atoms with E-state index in [1.807, 2.05) is 7.05 Å². The summed E-state index contributed by atoms with van der Waals surface area (Å²) in [5.41, 5.74) is -0.0683. The maximum atomic E-state index is 11.1. The van der Waals surface area contributed by atoms with E-state index in [4.69, 9.17) is 5.11 Å². The maximum absolute atomic E-state index is 11.1. The number of anilines is 1. The highest BCUT2D eigenvalue weighted by atomic mass is 16.6. The van der Waals surface area contributed by atoms with Crippen molar-refractivity contribution in [1.82, 2.24) is 4.90 Å². The Morgan fingerprint density at radius 1 is 1.55 bits per heavy atom. The molecule has 1 aromatic rings. The zero-order valence-corrected chi connectivity index (χ0v) is 11.2. The molecule has 0 aromatic heterocycles. The molecule has 108 valence electrons. The van der Waals surface area contributed by atoms with Gasteiger partial charge in [0.15, 0.2) is 0 Å². The highest BCUT2D eigenvalue weighted by Crippen LogP contribution is 2.24. The van der Waals surface area contributed by atoms with E-state index >= 15 is 0 Å². The monoisotopic (exact) mass is 279 g/mol. The summed E-state index contributed by atoms with van der Waals surface area (Å²) in [6.45, 7) is 1.93. The lowest BCUT2D eigenvalue weighted by atomic mass is 10.1. The van der Waals surface area contributed by atoms with Crippen LogP contribution in [-0.2, 0) is 0 Å². The Kier molecular flexibility index (Phi) is 4.19. The number of nitro benzene ring substituents is 1. The first-order chi connectivity index (χ1) is 9.47. The first kappa shape index (κ1) is 14.3. The van der Waals surface area contributed by atoms with Crippen LogP contribution in [0.4, 0.5) is 11.4 Å². The highest BCUT2D eigenvalue weighted by molar-refractivity contribution is 5.93. The molecule has 1 heterocycles. The predicted octanol–water partition coefficient (Wildman–Crippen LogP) is 1.80. The van der Waals surface area contributed by atoms with Gasteiger partial charge in [0.05, 0.1) is 4.92 Å². The van der Waals surface area contributed by atoms with Crippen molar-refractivity contribution in [2.45, 2.75) is 18.9 Å². The van der Waals surface area contributed by atoms with Crippen LogP contribution in [0.3, 0.4) is 0 Å². The molecule has 0 amide bonds. The van der Waals surface area contributed by atoms with Gasteiger partial charge >= 0.3 is 5.97 Å². The van der Waals surface area contributed by atoms with E-state index in [-0.39, 0.29) is 17.3 Å². The number of nitro groups is 1. The molecule has 0 bridgehead atoms. The Labute approximate surface area is 116 Å². The average molecular weight is 279 g/mol. The number of likely N-dealkylation sites (tertiary alicyclic amines) is 1. The van der Waals surface area contributed by atoms with Gasteiger partial charge in [-0.25, -0.2) is 4.79 Å². The van der Waals surface area contributed by atoms with E-state index in [9.17, 15) is 14.9 Å². The Bertz CT molecular complexity index is 532. The summed E-state index contributed by atoms with van der Waals surface area (Å²) < 4.78 is 0. The van der Waals surface area contributed by atoms with Crippen LogP contribution in [0.5, 0.6) is 0 Å². The van der Waals surface area contributed by atoms with E-state index in [1.165, 1.54) is 12.1 Å². The van der Waals surface area contributed by atoms with E-state index in [2.05, 4.69) is 10.2 Å². The Morgan fingerprint density at radius 2 is 2.30 bits per heavy atom. The van der Waals surface area contributed by atoms with Gasteiger partial charge in [-0.3, -0.25) is 10.1 Å². The molecule has 1 aliphatic heterocycles. The van der Waals surface area contributed by atoms with E-state index in [1.54, 1.807) is 6.07 Å². The van der Waals surface area contributed by atoms with Crippen LogP contribution in [-0.4, -0.2) is 47.1 Å². The number of hydrogen-bond donors (Lipinski definition) is 2. The summed E-state index contributed by atoms with van der Waals surface area (Å²) in [6.07, 6.45) is 2.08. The average Bonchev–Trinajstić information content (AvgIpc) is 2.38. The second-order valence-corrected chi connectivity index (χ2v) is 5.04. The highest BCUT2D eigenvalue weighted by Gasteiger charge is 2.22. The normalized spacial score (nSPS) is 19.6. The van der Waals surface area contributed by atoms with Crippen LogP contribution in [0.15, 0.2) is 18.2 Å². The molecule has 1 fully saturated rings. The number of nitrogens with zero attached hydrogens (tertiary/aromatic N) is 2. The number of piperidine rings is 1. The number of carboxylic acids is 1. The van der Waals surface area contributed by atoms with Crippen LogP contribution in [0.1, 0.15) is 23.2 Å². The van der Waals surface area contributed by atoms with Gasteiger partial charge in [-0.1, -0.05) is 0 Å². The minimum atomic E-state index is -1.29. The maximum Gasteiger partial charge on any atom is 0.342 e. The third kappa shape index (κ3) is 3.24. The van der Waals surface area contributed by atoms with Gasteiger partial charge in [-0.2, -0.15) is 0 Å². The number of rotatable bonds is 4. The van der Waals surface area contributed by atoms with Gasteiger partial charge in [-0.05, 0) is 38.6 Å². The molecule has 0 radical (unpaired) electrons. The summed E-state index contributed by atoms with van der Waals surface area (Å²) in [6, 6.07) is 4.35. The fraction of sp³-hybridized carbons (Fsp3) is 0.462. The van der Waals surface area contributed by atoms with Crippen molar-refractivity contribution in [3.05, 3.63) is 33.9 Å². The van der Waals surface area contributed by atoms with Gasteiger partial charge in [0.25, 0.3) is 5.69 Å². The molecule has 0 saturated carbocycles. The zero-order valence-electron chi connectivity index (χ0n) is 11.2. The molecule has 1 aliphatic rings. The summed E-state index contributed by atoms with van der Waals surface area (Å²) >= 11 is 0. The Hall–Kier alpha value is -2.15. The van der Waals surface area contributed by atoms with Gasteiger partial charge in [0.2, 0.25) is 0 Å². The van der Waals surface area contributed by atoms with Gasteiger partial charge in [-0.15, -0.1) is 0 Å². The number of likely N-dealkylation sites (N-methyl/N-ethyl adjacent to an activating group) is 1. The van der Waals surface area contributed by atoms with Crippen molar-refractivity contribution in [3.63, 3.8) is 0 Å². The van der Waals surface area contributed by atoms with E-state index < -0.39 is 10.9 Å². The molecule has 1 aromatic carbocycles. The van der Waals surface area contributed by atoms with Crippen molar-refractivity contribution >= 4 is 17.3 Å². The van der Waals surface area contributed by atoms with Crippen molar-refractivity contribution in [3.8, 4) is 0 Å². The summed E-state index contributed by atoms with van der Waals surface area (Å²) in [5.74, 6) is -1.29. The number of benzene rings is 1. The van der Waals surface area contributed by atoms with Crippen LogP contribution < -0.4 is 5.32 Å². The molecule has 1 saturated heterocycles. The lowest BCUT2D eigenvalue weighted by Crippen LogP contribution is -2.39. The van der Waals surface area contributed by atoms with Crippen LogP contribution >= 0.6 is 0 Å². The molecular formula is C13H17N3O4. The molecule has 20 heavy (non-hydrogen) atoms. The van der Waals surface area contributed by atoms with E-state index in [0.29, 0.717) is 5.69 Å². The molecular weight excluding hydrogens is 262 g/mol. The SMILES string of the molecule is CN1CCCC(Nc2ccc([N+](=O)[O-])c(C(=O)O)c2)C1. The summed E-state index contributed by atoms with van der Waals surface area (Å²) in [4.78, 5) is 23.4. The molecule has 2 N–H and O–H groups in total. The smallest absolute Gasteiger partial charge is 0.342 e. The number of nitrogens with one attached hydrogen (secondary N) is 1. The van der Waals surface area contributed by atoms with Crippen LogP contribution in [0.2, 0.25) is 0 Å². The third-order valence-corrected chi connectivity index (χ3v) is 3.42. The number of hydrogen-bond acceptors (Lipinski definition) is 5. The lowest BCUT2D eigenvalue weighted by molar-refractivity contribution is -0.385. The minimum absolute atomic E-state index is 0.233. The van der Waals surface area contributed by atoms with Crippen molar-refractivity contribution < 1.29 is 14.8 Å². The summed E-state index contributed by atoms with van der Waals surface area (Å²) in [5, 5.41) is 23.1. The molecule has 1 atom stereocenters. The molecule has 0 spiro atoms. The topological polar surface area (TPSA) is 95.7 Å².